The predicted molar refractivity (Wildman–Crippen MR) is 144 cm³/mol. The van der Waals surface area contributed by atoms with Gasteiger partial charge < -0.3 is 30.0 Å². The molecule has 1 aromatic heterocycles. The van der Waals surface area contributed by atoms with Crippen molar-refractivity contribution in [3.05, 3.63) is 71.0 Å². The number of pyridine rings is 1. The van der Waals surface area contributed by atoms with Crippen molar-refractivity contribution in [2.75, 3.05) is 30.9 Å². The number of nitrogens with zero attached hydrogens (tertiary/aromatic N) is 1. The molecule has 3 aromatic rings. The van der Waals surface area contributed by atoms with Gasteiger partial charge >= 0.3 is 19.3 Å². The molecule has 0 saturated carbocycles. The Morgan fingerprint density at radius 3 is 2.33 bits per heavy atom. The van der Waals surface area contributed by atoms with Crippen molar-refractivity contribution < 1.29 is 36.8 Å². The Morgan fingerprint density at radius 1 is 1.02 bits per heavy atom. The van der Waals surface area contributed by atoms with Crippen molar-refractivity contribution in [3.63, 3.8) is 0 Å². The lowest BCUT2D eigenvalue weighted by molar-refractivity contribution is -0.137. The summed E-state index contributed by atoms with van der Waals surface area (Å²) in [5.41, 5.74) is -0.885. The van der Waals surface area contributed by atoms with Gasteiger partial charge in [-0.1, -0.05) is 25.4 Å². The Morgan fingerprint density at radius 2 is 1.70 bits per heavy atom. The number of aromatic nitrogens is 1. The van der Waals surface area contributed by atoms with Crippen LogP contribution in [0.2, 0.25) is 5.02 Å². The second kappa shape index (κ2) is 11.7. The van der Waals surface area contributed by atoms with E-state index in [1.165, 1.54) is 31.4 Å². The number of benzene rings is 2. The number of hydrogen-bond acceptors (Lipinski definition) is 6. The molecule has 1 aliphatic heterocycles. The summed E-state index contributed by atoms with van der Waals surface area (Å²) >= 11 is 5.94. The van der Waals surface area contributed by atoms with Crippen LogP contribution in [0.4, 0.5) is 29.3 Å². The Hall–Kier alpha value is -3.81. The first kappa shape index (κ1) is 29.2. The molecule has 4 rings (SSSR count). The zero-order valence-electron chi connectivity index (χ0n) is 21.7. The molecule has 0 spiro atoms. The third-order valence-corrected chi connectivity index (χ3v) is 6.05. The molecule has 0 atom stereocenters. The molecular formula is C26H25BClF3N4O5. The van der Waals surface area contributed by atoms with Crippen molar-refractivity contribution in [1.29, 1.82) is 0 Å². The van der Waals surface area contributed by atoms with E-state index in [4.69, 9.17) is 25.6 Å². The largest absolute Gasteiger partial charge is 0.496 e. The molecule has 0 unspecified atom stereocenters. The maximum Gasteiger partial charge on any atom is 0.496 e. The Bertz CT molecular complexity index is 1400. The van der Waals surface area contributed by atoms with Crippen molar-refractivity contribution in [2.24, 2.45) is 5.41 Å². The number of rotatable bonds is 6. The molecule has 1 saturated heterocycles. The van der Waals surface area contributed by atoms with Crippen LogP contribution in [0, 0.1) is 5.41 Å². The molecule has 3 N–H and O–H groups in total. The molecule has 1 aliphatic rings. The zero-order valence-corrected chi connectivity index (χ0v) is 22.4. The molecule has 1 fully saturated rings. The first-order valence-corrected chi connectivity index (χ1v) is 12.4. The van der Waals surface area contributed by atoms with Gasteiger partial charge in [0, 0.05) is 54.8 Å². The van der Waals surface area contributed by atoms with E-state index >= 15 is 0 Å². The molecule has 3 amide bonds. The predicted octanol–water partition coefficient (Wildman–Crippen LogP) is 5.32. The fourth-order valence-electron chi connectivity index (χ4n) is 3.73. The lowest BCUT2D eigenvalue weighted by Gasteiger charge is -2.33. The third-order valence-electron chi connectivity index (χ3n) is 5.74. The lowest BCUT2D eigenvalue weighted by atomic mass is 9.74. The minimum atomic E-state index is -4.75. The van der Waals surface area contributed by atoms with Crippen LogP contribution in [-0.2, 0) is 15.5 Å². The van der Waals surface area contributed by atoms with Crippen LogP contribution in [0.15, 0.2) is 54.7 Å². The van der Waals surface area contributed by atoms with Gasteiger partial charge in [0.1, 0.15) is 17.2 Å². The van der Waals surface area contributed by atoms with E-state index in [1.54, 1.807) is 18.2 Å². The summed E-state index contributed by atoms with van der Waals surface area (Å²) in [6.07, 6.45) is -3.32. The number of alkyl halides is 3. The molecule has 2 heterocycles. The third kappa shape index (κ3) is 7.23. The lowest BCUT2D eigenvalue weighted by Crippen LogP contribution is -2.48. The van der Waals surface area contributed by atoms with Gasteiger partial charge in [-0.05, 0) is 42.5 Å². The highest BCUT2D eigenvalue weighted by molar-refractivity contribution is 6.64. The molecular weight excluding hydrogens is 552 g/mol. The summed E-state index contributed by atoms with van der Waals surface area (Å²) in [5, 5.41) is 6.94. The maximum absolute atomic E-state index is 13.6. The number of anilines is 2. The van der Waals surface area contributed by atoms with Crippen molar-refractivity contribution in [3.8, 4) is 11.5 Å². The van der Waals surface area contributed by atoms with Crippen LogP contribution < -0.4 is 26.2 Å². The molecule has 40 heavy (non-hydrogen) atoms. The quantitative estimate of drug-likeness (QED) is 0.343. The Labute approximate surface area is 233 Å². The second-order valence-electron chi connectivity index (χ2n) is 9.70. The number of carbonyl (C=O) groups excluding carboxylic acids is 2. The minimum Gasteiger partial charge on any atom is -0.457 e. The smallest absolute Gasteiger partial charge is 0.457 e. The summed E-state index contributed by atoms with van der Waals surface area (Å²) < 4.78 is 57.8. The maximum atomic E-state index is 13.6. The van der Waals surface area contributed by atoms with E-state index in [0.29, 0.717) is 30.4 Å². The van der Waals surface area contributed by atoms with E-state index in [-0.39, 0.29) is 28.2 Å². The number of amides is 3. The van der Waals surface area contributed by atoms with Crippen LogP contribution in [0.25, 0.3) is 0 Å². The van der Waals surface area contributed by atoms with Crippen molar-refractivity contribution in [2.45, 2.75) is 20.0 Å². The van der Waals surface area contributed by atoms with E-state index in [2.05, 4.69) is 20.9 Å². The van der Waals surface area contributed by atoms with Gasteiger partial charge in [-0.2, -0.15) is 13.2 Å². The highest BCUT2D eigenvalue weighted by atomic mass is 35.5. The molecule has 0 radical (unpaired) electrons. The summed E-state index contributed by atoms with van der Waals surface area (Å²) in [7, 11) is 0.470. The van der Waals surface area contributed by atoms with Gasteiger partial charge in [0.05, 0.1) is 10.6 Å². The van der Waals surface area contributed by atoms with Gasteiger partial charge in [-0.3, -0.25) is 9.78 Å². The highest BCUT2D eigenvalue weighted by Crippen LogP contribution is 2.36. The molecule has 210 valence electrons. The van der Waals surface area contributed by atoms with Crippen LogP contribution in [0.1, 0.15) is 29.9 Å². The molecule has 14 heteroatoms. The van der Waals surface area contributed by atoms with Gasteiger partial charge in [0.25, 0.3) is 5.91 Å². The van der Waals surface area contributed by atoms with Crippen LogP contribution >= 0.6 is 11.6 Å². The number of nitrogens with one attached hydrogen (secondary N) is 3. The SMILES string of the molecule is CNC(=O)c1cc(Oc2ccc(NC(=O)Nc3cc(C(F)(F)F)c(Cl)cc3B3OCC(C)(C)CO3)cc2)ccn1. The monoisotopic (exact) mass is 576 g/mol. The molecule has 2 aromatic carbocycles. The van der Waals surface area contributed by atoms with Gasteiger partial charge in [0.15, 0.2) is 0 Å². The topological polar surface area (TPSA) is 111 Å². The Kier molecular flexibility index (Phi) is 8.57. The number of carbonyl (C=O) groups is 2. The Balaban J connectivity index is 1.48. The van der Waals surface area contributed by atoms with E-state index in [0.717, 1.165) is 12.1 Å². The van der Waals surface area contributed by atoms with E-state index in [9.17, 15) is 22.8 Å². The van der Waals surface area contributed by atoms with Crippen LogP contribution in [0.5, 0.6) is 11.5 Å². The average molecular weight is 577 g/mol. The zero-order chi connectivity index (χ0) is 29.1. The van der Waals surface area contributed by atoms with Crippen LogP contribution in [-0.4, -0.2) is 44.3 Å². The first-order valence-electron chi connectivity index (χ1n) is 12.0. The summed E-state index contributed by atoms with van der Waals surface area (Å²) in [4.78, 5) is 28.5. The summed E-state index contributed by atoms with van der Waals surface area (Å²) in [6.45, 7) is 4.43. The fraction of sp³-hybridized carbons (Fsp3) is 0.269. The number of urea groups is 1. The molecule has 9 nitrogen and oxygen atoms in total. The standard InChI is InChI=1S/C26H25BClF3N4O5/c1-25(2)13-38-27(39-14-25)19-12-20(28)18(26(29,30)31)11-21(19)35-24(37)34-15-4-6-16(7-5-15)40-17-8-9-33-22(10-17)23(36)32-3/h4-12H,13-14H2,1-3H3,(H,32,36)(H2,34,35,37). The summed E-state index contributed by atoms with van der Waals surface area (Å²) in [5.74, 6) is 0.412. The minimum absolute atomic E-state index is 0.154. The van der Waals surface area contributed by atoms with Crippen molar-refractivity contribution in [1.82, 2.24) is 10.3 Å². The average Bonchev–Trinajstić information content (AvgIpc) is 2.90. The molecule has 0 bridgehead atoms. The van der Waals surface area contributed by atoms with Crippen molar-refractivity contribution >= 4 is 47.5 Å². The fourth-order valence-corrected chi connectivity index (χ4v) is 4.01. The highest BCUT2D eigenvalue weighted by Gasteiger charge is 2.39. The summed E-state index contributed by atoms with van der Waals surface area (Å²) in [6, 6.07) is 10.3. The number of ether oxygens (including phenoxy) is 1. The number of hydrogen-bond donors (Lipinski definition) is 3. The van der Waals surface area contributed by atoms with Crippen LogP contribution in [0.3, 0.4) is 0 Å². The van der Waals surface area contributed by atoms with E-state index < -0.39 is 29.9 Å². The van der Waals surface area contributed by atoms with Gasteiger partial charge in [-0.25, -0.2) is 4.79 Å². The van der Waals surface area contributed by atoms with E-state index in [1.807, 2.05) is 13.8 Å². The molecule has 0 aliphatic carbocycles. The van der Waals surface area contributed by atoms with Gasteiger partial charge in [-0.15, -0.1) is 0 Å². The first-order chi connectivity index (χ1) is 18.8. The number of halogens is 4. The van der Waals surface area contributed by atoms with Gasteiger partial charge in [0.2, 0.25) is 0 Å². The normalized spacial score (nSPS) is 14.8. The second-order valence-corrected chi connectivity index (χ2v) is 10.1.